The Morgan fingerprint density at radius 3 is 2.42 bits per heavy atom. The molecular formula is C20H28FN5. The van der Waals surface area contributed by atoms with Crippen molar-refractivity contribution >= 4 is 5.96 Å². The third-order valence-electron chi connectivity index (χ3n) is 5.68. The standard InChI is InChI=1S/C20H28FN5/c1-14-18(15(2)26(4)25-14)12-23-19(22-3)24-13-20(10-5-11-20)16-6-8-17(21)9-7-16/h6-9H,5,10-13H2,1-4H3,(H2,22,23,24). The Morgan fingerprint density at radius 2 is 1.92 bits per heavy atom. The number of hydrogen-bond acceptors (Lipinski definition) is 2. The molecule has 0 saturated heterocycles. The average molecular weight is 357 g/mol. The summed E-state index contributed by atoms with van der Waals surface area (Å²) in [5.74, 6) is 0.594. The number of halogens is 1. The fraction of sp³-hybridized carbons (Fsp3) is 0.500. The van der Waals surface area contributed by atoms with E-state index in [1.165, 1.54) is 17.5 Å². The molecule has 1 aliphatic rings. The fourth-order valence-corrected chi connectivity index (χ4v) is 3.69. The molecule has 1 aliphatic carbocycles. The first-order valence-corrected chi connectivity index (χ1v) is 9.15. The maximum absolute atomic E-state index is 13.2. The molecule has 0 spiro atoms. The van der Waals surface area contributed by atoms with Gasteiger partial charge in [-0.05, 0) is 44.4 Å². The van der Waals surface area contributed by atoms with E-state index in [9.17, 15) is 4.39 Å². The molecule has 6 heteroatoms. The summed E-state index contributed by atoms with van der Waals surface area (Å²) >= 11 is 0. The van der Waals surface area contributed by atoms with Gasteiger partial charge in [-0.25, -0.2) is 4.39 Å². The van der Waals surface area contributed by atoms with Crippen LogP contribution < -0.4 is 10.6 Å². The van der Waals surface area contributed by atoms with Crippen LogP contribution in [0.1, 0.15) is 41.8 Å². The molecule has 0 atom stereocenters. The zero-order valence-corrected chi connectivity index (χ0v) is 16.1. The van der Waals surface area contributed by atoms with Crippen LogP contribution in [0.2, 0.25) is 0 Å². The maximum atomic E-state index is 13.2. The van der Waals surface area contributed by atoms with Crippen LogP contribution >= 0.6 is 0 Å². The van der Waals surface area contributed by atoms with E-state index in [0.717, 1.165) is 36.7 Å². The highest BCUT2D eigenvalue weighted by Crippen LogP contribution is 2.43. The molecule has 3 rings (SSSR count). The van der Waals surface area contributed by atoms with Gasteiger partial charge in [0.1, 0.15) is 5.82 Å². The van der Waals surface area contributed by atoms with Crippen molar-refractivity contribution in [2.75, 3.05) is 13.6 Å². The lowest BCUT2D eigenvalue weighted by Gasteiger charge is -2.43. The van der Waals surface area contributed by atoms with Crippen molar-refractivity contribution in [1.29, 1.82) is 0 Å². The third-order valence-corrected chi connectivity index (χ3v) is 5.68. The molecule has 2 N–H and O–H groups in total. The molecule has 140 valence electrons. The summed E-state index contributed by atoms with van der Waals surface area (Å²) in [4.78, 5) is 4.35. The summed E-state index contributed by atoms with van der Waals surface area (Å²) < 4.78 is 15.1. The first-order valence-electron chi connectivity index (χ1n) is 9.15. The Morgan fingerprint density at radius 1 is 1.23 bits per heavy atom. The van der Waals surface area contributed by atoms with Gasteiger partial charge in [-0.1, -0.05) is 18.6 Å². The fourth-order valence-electron chi connectivity index (χ4n) is 3.69. The molecule has 1 heterocycles. The SMILES string of the molecule is CN=C(NCc1c(C)nn(C)c1C)NCC1(c2ccc(F)cc2)CCC1. The zero-order valence-electron chi connectivity index (χ0n) is 16.1. The van der Waals surface area contributed by atoms with Crippen molar-refractivity contribution in [2.45, 2.75) is 45.1 Å². The van der Waals surface area contributed by atoms with Crippen LogP contribution in [0.3, 0.4) is 0 Å². The third kappa shape index (κ3) is 3.59. The predicted molar refractivity (Wildman–Crippen MR) is 103 cm³/mol. The Kier molecular flexibility index (Phi) is 5.30. The lowest BCUT2D eigenvalue weighted by molar-refractivity contribution is 0.243. The van der Waals surface area contributed by atoms with Crippen LogP contribution in [0, 0.1) is 19.7 Å². The van der Waals surface area contributed by atoms with Gasteiger partial charge in [0, 0.05) is 43.9 Å². The Labute approximate surface area is 154 Å². The topological polar surface area (TPSA) is 54.2 Å². The van der Waals surface area contributed by atoms with E-state index in [-0.39, 0.29) is 11.2 Å². The van der Waals surface area contributed by atoms with Crippen molar-refractivity contribution in [3.63, 3.8) is 0 Å². The highest BCUT2D eigenvalue weighted by Gasteiger charge is 2.38. The van der Waals surface area contributed by atoms with Gasteiger partial charge in [0.2, 0.25) is 0 Å². The first-order chi connectivity index (χ1) is 12.4. The van der Waals surface area contributed by atoms with Crippen LogP contribution in [-0.2, 0) is 19.0 Å². The minimum atomic E-state index is -0.184. The van der Waals surface area contributed by atoms with E-state index in [0.29, 0.717) is 6.54 Å². The maximum Gasteiger partial charge on any atom is 0.191 e. The van der Waals surface area contributed by atoms with Crippen molar-refractivity contribution < 1.29 is 4.39 Å². The molecule has 5 nitrogen and oxygen atoms in total. The number of benzene rings is 1. The number of nitrogens with one attached hydrogen (secondary N) is 2. The number of guanidine groups is 1. The zero-order chi connectivity index (χ0) is 18.7. The van der Waals surface area contributed by atoms with Gasteiger partial charge in [-0.2, -0.15) is 5.10 Å². The van der Waals surface area contributed by atoms with Gasteiger partial charge >= 0.3 is 0 Å². The molecule has 0 amide bonds. The van der Waals surface area contributed by atoms with E-state index in [4.69, 9.17) is 0 Å². The normalized spacial score (nSPS) is 16.3. The number of hydrogen-bond donors (Lipinski definition) is 2. The number of aromatic nitrogens is 2. The molecule has 0 aliphatic heterocycles. The van der Waals surface area contributed by atoms with Crippen molar-refractivity contribution in [3.8, 4) is 0 Å². The van der Waals surface area contributed by atoms with E-state index in [1.54, 1.807) is 19.2 Å². The van der Waals surface area contributed by atoms with Gasteiger partial charge in [-0.15, -0.1) is 0 Å². The van der Waals surface area contributed by atoms with E-state index < -0.39 is 0 Å². The summed E-state index contributed by atoms with van der Waals surface area (Å²) in [6, 6.07) is 6.93. The number of aliphatic imine (C=N–C) groups is 1. The second-order valence-electron chi connectivity index (χ2n) is 7.19. The number of nitrogens with zero attached hydrogens (tertiary/aromatic N) is 3. The molecule has 26 heavy (non-hydrogen) atoms. The predicted octanol–water partition coefficient (Wildman–Crippen LogP) is 2.96. The summed E-state index contributed by atoms with van der Waals surface area (Å²) in [6.07, 6.45) is 3.44. The molecular weight excluding hydrogens is 329 g/mol. The molecule has 0 bridgehead atoms. The van der Waals surface area contributed by atoms with Gasteiger partial charge < -0.3 is 10.6 Å². The van der Waals surface area contributed by atoms with Gasteiger partial charge in [0.25, 0.3) is 0 Å². The minimum Gasteiger partial charge on any atom is -0.356 e. The van der Waals surface area contributed by atoms with Crippen molar-refractivity contribution in [1.82, 2.24) is 20.4 Å². The number of rotatable bonds is 5. The van der Waals surface area contributed by atoms with Gasteiger partial charge in [0.05, 0.1) is 5.69 Å². The lowest BCUT2D eigenvalue weighted by atomic mass is 9.64. The van der Waals surface area contributed by atoms with Crippen molar-refractivity contribution in [3.05, 3.63) is 52.6 Å². The Balaban J connectivity index is 1.62. The number of aryl methyl sites for hydroxylation is 2. The van der Waals surface area contributed by atoms with Gasteiger partial charge in [-0.3, -0.25) is 9.67 Å². The summed E-state index contributed by atoms with van der Waals surface area (Å²) in [6.45, 7) is 5.58. The highest BCUT2D eigenvalue weighted by molar-refractivity contribution is 5.79. The highest BCUT2D eigenvalue weighted by atomic mass is 19.1. The van der Waals surface area contributed by atoms with Gasteiger partial charge in [0.15, 0.2) is 5.96 Å². The lowest BCUT2D eigenvalue weighted by Crippen LogP contribution is -2.48. The summed E-state index contributed by atoms with van der Waals surface area (Å²) in [5, 5.41) is 11.3. The average Bonchev–Trinajstić information content (AvgIpc) is 2.83. The largest absolute Gasteiger partial charge is 0.356 e. The van der Waals surface area contributed by atoms with Crippen LogP contribution in [-0.4, -0.2) is 29.3 Å². The molecule has 0 radical (unpaired) electrons. The second kappa shape index (κ2) is 7.48. The van der Waals surface area contributed by atoms with E-state index in [2.05, 4.69) is 27.6 Å². The molecule has 1 aromatic heterocycles. The molecule has 1 aromatic carbocycles. The van der Waals surface area contributed by atoms with Crippen LogP contribution in [0.25, 0.3) is 0 Å². The summed E-state index contributed by atoms with van der Waals surface area (Å²) in [7, 11) is 3.74. The Hall–Kier alpha value is -2.37. The Bertz CT molecular complexity index is 787. The quantitative estimate of drug-likeness (QED) is 0.639. The van der Waals surface area contributed by atoms with E-state index in [1.807, 2.05) is 30.8 Å². The van der Waals surface area contributed by atoms with Crippen molar-refractivity contribution in [2.24, 2.45) is 12.0 Å². The summed E-state index contributed by atoms with van der Waals surface area (Å²) in [5.41, 5.74) is 4.67. The first kappa shape index (κ1) is 18.4. The second-order valence-corrected chi connectivity index (χ2v) is 7.19. The monoisotopic (exact) mass is 357 g/mol. The smallest absolute Gasteiger partial charge is 0.191 e. The molecule has 0 unspecified atom stereocenters. The van der Waals surface area contributed by atoms with Crippen LogP contribution in [0.15, 0.2) is 29.3 Å². The van der Waals surface area contributed by atoms with Crippen LogP contribution in [0.5, 0.6) is 0 Å². The molecule has 2 aromatic rings. The van der Waals surface area contributed by atoms with Crippen LogP contribution in [0.4, 0.5) is 4.39 Å². The molecule has 1 saturated carbocycles. The minimum absolute atomic E-state index is 0.0749. The molecule has 1 fully saturated rings. The van der Waals surface area contributed by atoms with E-state index >= 15 is 0 Å².